The lowest BCUT2D eigenvalue weighted by molar-refractivity contribution is 0.285. The van der Waals surface area contributed by atoms with Crippen molar-refractivity contribution in [3.8, 4) is 0 Å². The van der Waals surface area contributed by atoms with Gasteiger partial charge in [0.25, 0.3) is 0 Å². The van der Waals surface area contributed by atoms with Gasteiger partial charge in [-0.3, -0.25) is 0 Å². The molecular formula is C2H2BI4O2. The second-order valence-corrected chi connectivity index (χ2v) is 10.2. The quantitative estimate of drug-likeness (QED) is 0.291. The van der Waals surface area contributed by atoms with Crippen molar-refractivity contribution in [3.05, 3.63) is 0 Å². The zero-order valence-corrected chi connectivity index (χ0v) is 12.7. The van der Waals surface area contributed by atoms with Crippen molar-refractivity contribution in [2.75, 3.05) is 0 Å². The van der Waals surface area contributed by atoms with Crippen molar-refractivity contribution < 1.29 is 9.31 Å². The van der Waals surface area contributed by atoms with Crippen LogP contribution >= 0.6 is 90.4 Å². The van der Waals surface area contributed by atoms with E-state index in [2.05, 4.69) is 90.4 Å². The first-order valence-corrected chi connectivity index (χ1v) is 6.80. The Balaban J connectivity index is 2.91. The second-order valence-electron chi connectivity index (χ2n) is 0.890. The van der Waals surface area contributed by atoms with Crippen molar-refractivity contribution in [1.29, 1.82) is 0 Å². The summed E-state index contributed by atoms with van der Waals surface area (Å²) in [6.07, 6.45) is 0. The minimum atomic E-state index is 0.145. The van der Waals surface area contributed by atoms with E-state index in [1.165, 1.54) is 7.69 Å². The summed E-state index contributed by atoms with van der Waals surface area (Å²) in [5.74, 6) is 0. The Kier molecular flexibility index (Phi) is 9.99. The van der Waals surface area contributed by atoms with Crippen molar-refractivity contribution in [2.45, 2.75) is 4.23 Å². The van der Waals surface area contributed by atoms with Crippen molar-refractivity contribution in [2.24, 2.45) is 0 Å². The van der Waals surface area contributed by atoms with Gasteiger partial charge in [-0.25, -0.2) is 0 Å². The maximum atomic E-state index is 4.97. The third-order valence-electron chi connectivity index (χ3n) is 0.317. The van der Waals surface area contributed by atoms with Gasteiger partial charge in [-0.15, -0.1) is 0 Å². The first kappa shape index (κ1) is 11.9. The summed E-state index contributed by atoms with van der Waals surface area (Å²) in [5.41, 5.74) is 0. The fourth-order valence-electron chi connectivity index (χ4n) is 0.116. The molecule has 0 atom stereocenters. The predicted octanol–water partition coefficient (Wildman–Crippen LogP) is 2.86. The molecule has 0 fully saturated rings. The summed E-state index contributed by atoms with van der Waals surface area (Å²) >= 11 is 8.55. The van der Waals surface area contributed by atoms with Gasteiger partial charge in [0.1, 0.15) is 4.23 Å². The van der Waals surface area contributed by atoms with E-state index in [0.717, 1.165) is 0 Å². The molecule has 0 aromatic heterocycles. The standard InChI is InChI=1S/C2H2BI4O2/c4-1(5)8-3-9-2(6)7/h1-2H. The Morgan fingerprint density at radius 2 is 1.22 bits per heavy atom. The normalized spacial score (nSPS) is 10.9. The lowest BCUT2D eigenvalue weighted by atomic mass is 10.4. The molecule has 0 N–H and O–H groups in total. The highest BCUT2D eigenvalue weighted by Crippen LogP contribution is 2.13. The molecule has 0 bridgehead atoms. The van der Waals surface area contributed by atoms with E-state index in [1.54, 1.807) is 0 Å². The molecule has 0 aliphatic heterocycles. The smallest absolute Gasteiger partial charge is 0.393 e. The minimum absolute atomic E-state index is 0.145. The Bertz CT molecular complexity index is 61.6. The summed E-state index contributed by atoms with van der Waals surface area (Å²) in [6, 6.07) is 0. The van der Waals surface area contributed by atoms with Crippen molar-refractivity contribution in [3.63, 3.8) is 0 Å². The summed E-state index contributed by atoms with van der Waals surface area (Å²) in [7, 11) is 1.37. The van der Waals surface area contributed by atoms with Gasteiger partial charge < -0.3 is 9.31 Å². The Morgan fingerprint density at radius 1 is 0.889 bits per heavy atom. The molecule has 7 heteroatoms. The van der Waals surface area contributed by atoms with Gasteiger partial charge in [0, 0.05) is 0 Å². The zero-order valence-electron chi connectivity index (χ0n) is 4.06. The highest BCUT2D eigenvalue weighted by molar-refractivity contribution is 14.2. The molecule has 0 saturated carbocycles. The van der Waals surface area contributed by atoms with Crippen LogP contribution in [-0.4, -0.2) is 11.9 Å². The highest BCUT2D eigenvalue weighted by atomic mass is 127. The fraction of sp³-hybridized carbons (Fsp3) is 1.00. The molecule has 1 radical (unpaired) electrons. The molecule has 53 valence electrons. The van der Waals surface area contributed by atoms with Crippen LogP contribution in [0.2, 0.25) is 0 Å². The molecule has 0 rings (SSSR count). The van der Waals surface area contributed by atoms with E-state index < -0.39 is 0 Å². The van der Waals surface area contributed by atoms with Crippen LogP contribution in [0.4, 0.5) is 0 Å². The SMILES string of the molecule is IC(I)O[B]OC(I)I. The van der Waals surface area contributed by atoms with Crippen LogP contribution in [0.1, 0.15) is 0 Å². The van der Waals surface area contributed by atoms with Crippen LogP contribution in [0.5, 0.6) is 0 Å². The number of rotatable bonds is 4. The molecule has 0 saturated heterocycles. The van der Waals surface area contributed by atoms with Crippen LogP contribution in [0.15, 0.2) is 0 Å². The van der Waals surface area contributed by atoms with Crippen molar-refractivity contribution >= 4 is 98.0 Å². The van der Waals surface area contributed by atoms with Gasteiger partial charge in [-0.1, -0.05) is 0 Å². The van der Waals surface area contributed by atoms with E-state index >= 15 is 0 Å². The highest BCUT2D eigenvalue weighted by Gasteiger charge is 2.03. The zero-order chi connectivity index (χ0) is 7.28. The van der Waals surface area contributed by atoms with Crippen LogP contribution in [0.3, 0.4) is 0 Å². The lowest BCUT2D eigenvalue weighted by Gasteiger charge is -2.03. The Hall–Kier alpha value is 2.90. The molecule has 9 heavy (non-hydrogen) atoms. The van der Waals surface area contributed by atoms with Crippen LogP contribution in [-0.2, 0) is 9.31 Å². The summed E-state index contributed by atoms with van der Waals surface area (Å²) in [6.45, 7) is 0. The monoisotopic (exact) mass is 577 g/mol. The van der Waals surface area contributed by atoms with Gasteiger partial charge in [0.2, 0.25) is 0 Å². The maximum Gasteiger partial charge on any atom is 0.490 e. The molecule has 0 aromatic carbocycles. The number of hydrogen-bond donors (Lipinski definition) is 0. The first-order valence-electron chi connectivity index (χ1n) is 1.82. The average Bonchev–Trinajstić information content (AvgIpc) is 1.63. The lowest BCUT2D eigenvalue weighted by Crippen LogP contribution is -2.08. The molecule has 0 spiro atoms. The van der Waals surface area contributed by atoms with Crippen LogP contribution in [0.25, 0.3) is 0 Å². The average molecular weight is 576 g/mol. The summed E-state index contributed by atoms with van der Waals surface area (Å²) < 4.78 is 10.2. The summed E-state index contributed by atoms with van der Waals surface area (Å²) in [4.78, 5) is 0. The topological polar surface area (TPSA) is 18.5 Å². The third-order valence-corrected chi connectivity index (χ3v) is 1.49. The van der Waals surface area contributed by atoms with Gasteiger partial charge in [0.05, 0.1) is 0 Å². The molecule has 0 heterocycles. The first-order chi connectivity index (χ1) is 4.13. The summed E-state index contributed by atoms with van der Waals surface area (Å²) in [5, 5.41) is 0. The number of alkyl halides is 4. The molecule has 0 aliphatic rings. The largest absolute Gasteiger partial charge is 0.490 e. The van der Waals surface area contributed by atoms with E-state index in [0.29, 0.717) is 0 Å². The Morgan fingerprint density at radius 3 is 1.44 bits per heavy atom. The van der Waals surface area contributed by atoms with Gasteiger partial charge in [-0.05, 0) is 90.4 Å². The molecular weight excluding hydrogens is 574 g/mol. The van der Waals surface area contributed by atoms with E-state index in [4.69, 9.17) is 9.31 Å². The molecule has 0 unspecified atom stereocenters. The van der Waals surface area contributed by atoms with E-state index in [-0.39, 0.29) is 4.23 Å². The minimum Gasteiger partial charge on any atom is -0.393 e. The van der Waals surface area contributed by atoms with Gasteiger partial charge in [0.15, 0.2) is 0 Å². The molecule has 0 aromatic rings. The van der Waals surface area contributed by atoms with Gasteiger partial charge >= 0.3 is 7.69 Å². The second kappa shape index (κ2) is 7.55. The van der Waals surface area contributed by atoms with Crippen molar-refractivity contribution in [1.82, 2.24) is 0 Å². The van der Waals surface area contributed by atoms with E-state index in [1.807, 2.05) is 0 Å². The molecule has 0 aliphatic carbocycles. The molecule has 0 amide bonds. The molecule has 2 nitrogen and oxygen atoms in total. The third kappa shape index (κ3) is 10.9. The predicted molar refractivity (Wildman–Crippen MR) is 71.6 cm³/mol. The van der Waals surface area contributed by atoms with Gasteiger partial charge in [-0.2, -0.15) is 0 Å². The van der Waals surface area contributed by atoms with E-state index in [9.17, 15) is 0 Å². The fourth-order valence-corrected chi connectivity index (χ4v) is 0.596. The Labute approximate surface area is 109 Å². The van der Waals surface area contributed by atoms with Crippen LogP contribution in [0, 0.1) is 0 Å². The number of halogens is 4. The van der Waals surface area contributed by atoms with Crippen LogP contribution < -0.4 is 0 Å². The number of hydrogen-bond acceptors (Lipinski definition) is 2. The maximum absolute atomic E-state index is 4.97.